The highest BCUT2D eigenvalue weighted by Crippen LogP contribution is 2.26. The Hall–Kier alpha value is -4.25. The highest BCUT2D eigenvalue weighted by atomic mass is 19.3. The molecule has 0 aliphatic rings. The van der Waals surface area contributed by atoms with Crippen molar-refractivity contribution < 1.29 is 13.5 Å². The number of aryl methyl sites for hydroxylation is 1. The number of aromatic amines is 1. The number of nitrogens with zero attached hydrogens (tertiary/aromatic N) is 3. The third kappa shape index (κ3) is 4.90. The van der Waals surface area contributed by atoms with Crippen LogP contribution in [0.2, 0.25) is 0 Å². The van der Waals surface area contributed by atoms with Gasteiger partial charge < -0.3 is 10.1 Å². The first-order valence-corrected chi connectivity index (χ1v) is 9.82. The van der Waals surface area contributed by atoms with E-state index < -0.39 is 6.61 Å². The van der Waals surface area contributed by atoms with Crippen LogP contribution in [0.15, 0.2) is 66.9 Å². The van der Waals surface area contributed by atoms with E-state index in [4.69, 9.17) is 5.26 Å². The van der Waals surface area contributed by atoms with Gasteiger partial charge in [-0.3, -0.25) is 5.10 Å². The van der Waals surface area contributed by atoms with Crippen LogP contribution >= 0.6 is 0 Å². The minimum Gasteiger partial charge on any atom is -0.435 e. The first-order valence-electron chi connectivity index (χ1n) is 9.82. The molecule has 0 unspecified atom stereocenters. The van der Waals surface area contributed by atoms with E-state index in [2.05, 4.69) is 31.3 Å². The lowest BCUT2D eigenvalue weighted by Crippen LogP contribution is -2.01. The second-order valence-corrected chi connectivity index (χ2v) is 7.10. The van der Waals surface area contributed by atoms with Gasteiger partial charge in [-0.15, -0.1) is 0 Å². The van der Waals surface area contributed by atoms with Crippen LogP contribution in [0.1, 0.15) is 16.8 Å². The van der Waals surface area contributed by atoms with Gasteiger partial charge in [0.2, 0.25) is 0 Å². The van der Waals surface area contributed by atoms with E-state index in [1.165, 1.54) is 12.1 Å². The molecule has 0 aliphatic heterocycles. The number of nitrogens with one attached hydrogen (secondary N) is 2. The average molecular weight is 431 g/mol. The number of halogens is 2. The highest BCUT2D eigenvalue weighted by Gasteiger charge is 2.08. The SMILES string of the molecule is Cc1cc(C#N)ccc1-c1ccnc(NCc2cc(-c3ccc(OC(F)F)cc3)[nH]n2)c1. The Morgan fingerprint density at radius 2 is 1.88 bits per heavy atom. The summed E-state index contributed by atoms with van der Waals surface area (Å²) in [7, 11) is 0. The monoisotopic (exact) mass is 431 g/mol. The quantitative estimate of drug-likeness (QED) is 0.402. The Balaban J connectivity index is 1.43. The van der Waals surface area contributed by atoms with Gasteiger partial charge in [0.1, 0.15) is 11.6 Å². The molecular formula is C24H19F2N5O. The normalized spacial score (nSPS) is 10.7. The number of hydrogen-bond donors (Lipinski definition) is 2. The second kappa shape index (κ2) is 9.27. The topological polar surface area (TPSA) is 86.6 Å². The fourth-order valence-corrected chi connectivity index (χ4v) is 3.35. The number of pyridine rings is 1. The van der Waals surface area contributed by atoms with Crippen LogP contribution in [0.4, 0.5) is 14.6 Å². The third-order valence-electron chi connectivity index (χ3n) is 4.90. The van der Waals surface area contributed by atoms with Crippen LogP contribution in [-0.4, -0.2) is 21.8 Å². The number of anilines is 1. The molecule has 4 aromatic rings. The van der Waals surface area contributed by atoms with Crippen molar-refractivity contribution in [2.75, 3.05) is 5.32 Å². The molecule has 2 N–H and O–H groups in total. The number of H-pyrrole nitrogens is 1. The van der Waals surface area contributed by atoms with Crippen molar-refractivity contribution in [2.24, 2.45) is 0 Å². The molecule has 32 heavy (non-hydrogen) atoms. The molecule has 2 aromatic heterocycles. The third-order valence-corrected chi connectivity index (χ3v) is 4.90. The van der Waals surface area contributed by atoms with E-state index in [-0.39, 0.29) is 5.75 Å². The van der Waals surface area contributed by atoms with Crippen molar-refractivity contribution in [2.45, 2.75) is 20.1 Å². The predicted octanol–water partition coefficient (Wildman–Crippen LogP) is 5.53. The Morgan fingerprint density at radius 3 is 2.59 bits per heavy atom. The van der Waals surface area contributed by atoms with Crippen LogP contribution in [0.5, 0.6) is 5.75 Å². The van der Waals surface area contributed by atoms with Crippen LogP contribution in [0, 0.1) is 18.3 Å². The zero-order chi connectivity index (χ0) is 22.5. The van der Waals surface area contributed by atoms with E-state index in [0.717, 1.165) is 33.6 Å². The number of rotatable bonds is 7. The van der Waals surface area contributed by atoms with Crippen molar-refractivity contribution >= 4 is 5.82 Å². The molecule has 0 aliphatic carbocycles. The first kappa shape index (κ1) is 21.0. The molecule has 4 rings (SSSR count). The standard InChI is InChI=1S/C24H19F2N5O/c1-15-10-16(13-27)2-7-21(15)18-8-9-28-23(11-18)29-14-19-12-22(31-30-19)17-3-5-20(6-4-17)32-24(25)26/h2-12,24H,14H2,1H3,(H,28,29)(H,30,31). The molecule has 8 heteroatoms. The number of benzene rings is 2. The second-order valence-electron chi connectivity index (χ2n) is 7.10. The van der Waals surface area contributed by atoms with Crippen molar-refractivity contribution in [3.63, 3.8) is 0 Å². The number of aromatic nitrogens is 3. The molecule has 160 valence electrons. The van der Waals surface area contributed by atoms with E-state index in [1.807, 2.05) is 37.3 Å². The first-order chi connectivity index (χ1) is 15.5. The van der Waals surface area contributed by atoms with Crippen LogP contribution in [0.3, 0.4) is 0 Å². The maximum atomic E-state index is 12.3. The number of ether oxygens (including phenoxy) is 1. The molecule has 0 saturated heterocycles. The Bertz CT molecular complexity index is 1260. The summed E-state index contributed by atoms with van der Waals surface area (Å²) < 4.78 is 28.9. The lowest BCUT2D eigenvalue weighted by Gasteiger charge is -2.09. The van der Waals surface area contributed by atoms with E-state index in [0.29, 0.717) is 17.9 Å². The van der Waals surface area contributed by atoms with Crippen molar-refractivity contribution in [3.05, 3.63) is 83.7 Å². The van der Waals surface area contributed by atoms with Gasteiger partial charge in [0.25, 0.3) is 0 Å². The molecule has 0 spiro atoms. The molecule has 0 bridgehead atoms. The summed E-state index contributed by atoms with van der Waals surface area (Å²) in [6.45, 7) is -0.425. The summed E-state index contributed by atoms with van der Waals surface area (Å²) in [5.41, 5.74) is 6.03. The van der Waals surface area contributed by atoms with Crippen molar-refractivity contribution in [1.29, 1.82) is 5.26 Å². The van der Waals surface area contributed by atoms with Gasteiger partial charge in [-0.25, -0.2) is 4.98 Å². The smallest absolute Gasteiger partial charge is 0.387 e. The summed E-state index contributed by atoms with van der Waals surface area (Å²) in [4.78, 5) is 4.37. The molecule has 0 amide bonds. The largest absolute Gasteiger partial charge is 0.435 e. The fraction of sp³-hybridized carbons (Fsp3) is 0.125. The van der Waals surface area contributed by atoms with Crippen LogP contribution in [0.25, 0.3) is 22.4 Å². The van der Waals surface area contributed by atoms with Gasteiger partial charge in [-0.05, 0) is 83.8 Å². The highest BCUT2D eigenvalue weighted by molar-refractivity contribution is 5.70. The maximum Gasteiger partial charge on any atom is 0.387 e. The van der Waals surface area contributed by atoms with Crippen LogP contribution in [-0.2, 0) is 6.54 Å². The van der Waals surface area contributed by atoms with Crippen molar-refractivity contribution in [1.82, 2.24) is 15.2 Å². The van der Waals surface area contributed by atoms with Gasteiger partial charge in [-0.2, -0.15) is 19.1 Å². The molecule has 0 saturated carbocycles. The minimum absolute atomic E-state index is 0.105. The Kier molecular flexibility index (Phi) is 6.08. The van der Waals surface area contributed by atoms with E-state index in [9.17, 15) is 8.78 Å². The summed E-state index contributed by atoms with van der Waals surface area (Å²) in [6, 6.07) is 19.8. The maximum absolute atomic E-state index is 12.3. The molecule has 0 fully saturated rings. The molecular weight excluding hydrogens is 412 g/mol. The van der Waals surface area contributed by atoms with Gasteiger partial charge in [0.15, 0.2) is 0 Å². The fourth-order valence-electron chi connectivity index (χ4n) is 3.35. The van der Waals surface area contributed by atoms with Gasteiger partial charge in [0.05, 0.1) is 29.6 Å². The zero-order valence-corrected chi connectivity index (χ0v) is 17.1. The van der Waals surface area contributed by atoms with Crippen LogP contribution < -0.4 is 10.1 Å². The minimum atomic E-state index is -2.85. The molecule has 2 aromatic carbocycles. The van der Waals surface area contributed by atoms with Gasteiger partial charge in [-0.1, -0.05) is 6.07 Å². The zero-order valence-electron chi connectivity index (χ0n) is 17.1. The summed E-state index contributed by atoms with van der Waals surface area (Å²) in [5.74, 6) is 0.804. The summed E-state index contributed by atoms with van der Waals surface area (Å²) >= 11 is 0. The number of nitriles is 1. The Morgan fingerprint density at radius 1 is 1.06 bits per heavy atom. The molecule has 0 radical (unpaired) electrons. The molecule has 2 heterocycles. The molecule has 0 atom stereocenters. The van der Waals surface area contributed by atoms with E-state index >= 15 is 0 Å². The summed E-state index contributed by atoms with van der Waals surface area (Å²) in [5, 5.41) is 19.6. The average Bonchev–Trinajstić information content (AvgIpc) is 3.27. The van der Waals surface area contributed by atoms with Gasteiger partial charge >= 0.3 is 6.61 Å². The van der Waals surface area contributed by atoms with Crippen molar-refractivity contribution in [3.8, 4) is 34.2 Å². The number of alkyl halides is 2. The molecule has 6 nitrogen and oxygen atoms in total. The lowest BCUT2D eigenvalue weighted by atomic mass is 9.99. The van der Waals surface area contributed by atoms with Gasteiger partial charge in [0, 0.05) is 6.20 Å². The Labute approximate surface area is 183 Å². The summed E-state index contributed by atoms with van der Waals surface area (Å²) in [6.07, 6.45) is 1.73. The van der Waals surface area contributed by atoms with E-state index in [1.54, 1.807) is 24.4 Å². The number of hydrogen-bond acceptors (Lipinski definition) is 5. The lowest BCUT2D eigenvalue weighted by molar-refractivity contribution is -0.0498. The predicted molar refractivity (Wildman–Crippen MR) is 117 cm³/mol.